The zero-order valence-electron chi connectivity index (χ0n) is 17.6. The van der Waals surface area contributed by atoms with Crippen LogP contribution in [0.4, 0.5) is 5.00 Å². The Morgan fingerprint density at radius 1 is 1.14 bits per heavy atom. The van der Waals surface area contributed by atoms with Gasteiger partial charge in [-0.05, 0) is 83.4 Å². The SMILES string of the molecule is COC(=O)c1cc(C2CCNCC2)sc1N(C(=O)C1CCC(C)CC1)C(C)C. The van der Waals surface area contributed by atoms with E-state index >= 15 is 0 Å². The fraction of sp³-hybridized carbons (Fsp3) is 0.727. The van der Waals surface area contributed by atoms with Crippen molar-refractivity contribution < 1.29 is 14.3 Å². The molecule has 5 nitrogen and oxygen atoms in total. The number of ether oxygens (including phenoxy) is 1. The summed E-state index contributed by atoms with van der Waals surface area (Å²) in [5.41, 5.74) is 0.548. The number of esters is 1. The number of carbonyl (C=O) groups excluding carboxylic acids is 2. The van der Waals surface area contributed by atoms with Gasteiger partial charge in [0, 0.05) is 16.8 Å². The monoisotopic (exact) mass is 406 g/mol. The van der Waals surface area contributed by atoms with Crippen LogP contribution in [0.25, 0.3) is 0 Å². The minimum absolute atomic E-state index is 0.00905. The fourth-order valence-corrected chi connectivity index (χ4v) is 5.89. The maximum atomic E-state index is 13.5. The number of anilines is 1. The van der Waals surface area contributed by atoms with E-state index in [1.54, 1.807) is 11.3 Å². The molecule has 0 radical (unpaired) electrons. The summed E-state index contributed by atoms with van der Waals surface area (Å²) in [5, 5.41) is 4.17. The lowest BCUT2D eigenvalue weighted by Gasteiger charge is -2.33. The molecule has 1 aliphatic heterocycles. The van der Waals surface area contributed by atoms with Crippen LogP contribution in [0, 0.1) is 11.8 Å². The normalized spacial score (nSPS) is 23.6. The maximum Gasteiger partial charge on any atom is 0.340 e. The number of methoxy groups -OCH3 is 1. The lowest BCUT2D eigenvalue weighted by atomic mass is 9.82. The molecule has 0 unspecified atom stereocenters. The van der Waals surface area contributed by atoms with E-state index in [1.807, 2.05) is 24.8 Å². The van der Waals surface area contributed by atoms with E-state index in [1.165, 1.54) is 12.0 Å². The van der Waals surface area contributed by atoms with Crippen molar-refractivity contribution in [2.45, 2.75) is 71.3 Å². The maximum absolute atomic E-state index is 13.5. The van der Waals surface area contributed by atoms with Crippen molar-refractivity contribution in [2.75, 3.05) is 25.1 Å². The van der Waals surface area contributed by atoms with Crippen LogP contribution in [0.3, 0.4) is 0 Å². The zero-order valence-corrected chi connectivity index (χ0v) is 18.4. The van der Waals surface area contributed by atoms with Crippen LogP contribution in [0.1, 0.15) is 80.4 Å². The molecule has 2 fully saturated rings. The molecule has 0 spiro atoms. The average Bonchev–Trinajstić information content (AvgIpc) is 3.13. The van der Waals surface area contributed by atoms with Gasteiger partial charge in [-0.2, -0.15) is 0 Å². The van der Waals surface area contributed by atoms with Crippen molar-refractivity contribution in [3.63, 3.8) is 0 Å². The number of carbonyl (C=O) groups is 2. The molecule has 0 atom stereocenters. The molecule has 1 saturated heterocycles. The number of nitrogens with one attached hydrogen (secondary N) is 1. The number of hydrogen-bond acceptors (Lipinski definition) is 5. The van der Waals surface area contributed by atoms with E-state index in [2.05, 4.69) is 12.2 Å². The van der Waals surface area contributed by atoms with Crippen molar-refractivity contribution >= 4 is 28.2 Å². The third-order valence-electron chi connectivity index (χ3n) is 6.22. The number of amides is 1. The van der Waals surface area contributed by atoms with E-state index in [0.29, 0.717) is 17.4 Å². The van der Waals surface area contributed by atoms with E-state index in [0.717, 1.165) is 56.6 Å². The second kappa shape index (κ2) is 9.40. The highest BCUT2D eigenvalue weighted by molar-refractivity contribution is 7.16. The average molecular weight is 407 g/mol. The molecule has 28 heavy (non-hydrogen) atoms. The minimum Gasteiger partial charge on any atom is -0.465 e. The number of nitrogens with zero attached hydrogens (tertiary/aromatic N) is 1. The highest BCUT2D eigenvalue weighted by Crippen LogP contribution is 2.41. The van der Waals surface area contributed by atoms with E-state index < -0.39 is 0 Å². The molecule has 1 saturated carbocycles. The van der Waals surface area contributed by atoms with Crippen molar-refractivity contribution in [3.05, 3.63) is 16.5 Å². The van der Waals surface area contributed by atoms with Gasteiger partial charge in [0.15, 0.2) is 0 Å². The number of hydrogen-bond donors (Lipinski definition) is 1. The van der Waals surface area contributed by atoms with Crippen LogP contribution in [-0.2, 0) is 9.53 Å². The molecule has 1 amide bonds. The van der Waals surface area contributed by atoms with Crippen molar-refractivity contribution in [1.82, 2.24) is 5.32 Å². The van der Waals surface area contributed by atoms with Gasteiger partial charge in [-0.15, -0.1) is 11.3 Å². The molecule has 1 aliphatic carbocycles. The van der Waals surface area contributed by atoms with Gasteiger partial charge in [0.05, 0.1) is 12.7 Å². The predicted molar refractivity (Wildman–Crippen MR) is 114 cm³/mol. The van der Waals surface area contributed by atoms with Gasteiger partial charge in [-0.3, -0.25) is 4.79 Å². The Morgan fingerprint density at radius 2 is 1.79 bits per heavy atom. The predicted octanol–water partition coefficient (Wildman–Crippen LogP) is 4.57. The minimum atomic E-state index is -0.345. The largest absolute Gasteiger partial charge is 0.465 e. The summed E-state index contributed by atoms with van der Waals surface area (Å²) in [4.78, 5) is 29.1. The van der Waals surface area contributed by atoms with Crippen molar-refractivity contribution in [3.8, 4) is 0 Å². The first-order valence-electron chi connectivity index (χ1n) is 10.7. The highest BCUT2D eigenvalue weighted by Gasteiger charge is 2.34. The van der Waals surface area contributed by atoms with E-state index in [-0.39, 0.29) is 23.8 Å². The Labute approximate surface area is 172 Å². The number of rotatable bonds is 5. The Kier molecular flexibility index (Phi) is 7.15. The van der Waals surface area contributed by atoms with Crippen LogP contribution < -0.4 is 10.2 Å². The van der Waals surface area contributed by atoms with E-state index in [9.17, 15) is 9.59 Å². The summed E-state index contributed by atoms with van der Waals surface area (Å²) >= 11 is 1.62. The third-order valence-corrected chi connectivity index (χ3v) is 7.51. The van der Waals surface area contributed by atoms with Crippen LogP contribution in [0.5, 0.6) is 0 Å². The molecule has 156 valence electrons. The third kappa shape index (κ3) is 4.60. The Morgan fingerprint density at radius 3 is 2.36 bits per heavy atom. The highest BCUT2D eigenvalue weighted by atomic mass is 32.1. The second-order valence-electron chi connectivity index (χ2n) is 8.64. The molecule has 2 aliphatic rings. The van der Waals surface area contributed by atoms with Gasteiger partial charge < -0.3 is 15.0 Å². The van der Waals surface area contributed by atoms with Crippen LogP contribution in [0.15, 0.2) is 6.07 Å². The summed E-state index contributed by atoms with van der Waals surface area (Å²) < 4.78 is 5.06. The quantitative estimate of drug-likeness (QED) is 0.728. The Balaban J connectivity index is 1.93. The molecule has 1 aromatic rings. The molecule has 0 bridgehead atoms. The topological polar surface area (TPSA) is 58.6 Å². The van der Waals surface area contributed by atoms with Crippen LogP contribution in [-0.4, -0.2) is 38.1 Å². The summed E-state index contributed by atoms with van der Waals surface area (Å²) in [6.45, 7) is 8.33. The Hall–Kier alpha value is -1.40. The fourth-order valence-electron chi connectivity index (χ4n) is 4.44. The van der Waals surface area contributed by atoms with E-state index in [4.69, 9.17) is 4.74 Å². The van der Waals surface area contributed by atoms with Gasteiger partial charge in [-0.25, -0.2) is 4.79 Å². The van der Waals surface area contributed by atoms with Gasteiger partial charge >= 0.3 is 5.97 Å². The second-order valence-corrected chi connectivity index (χ2v) is 9.70. The lowest BCUT2D eigenvalue weighted by Crippen LogP contribution is -2.42. The van der Waals surface area contributed by atoms with Gasteiger partial charge in [-0.1, -0.05) is 6.92 Å². The number of piperidine rings is 1. The van der Waals surface area contributed by atoms with Crippen molar-refractivity contribution in [2.24, 2.45) is 11.8 Å². The molecule has 1 aromatic heterocycles. The molecule has 6 heteroatoms. The lowest BCUT2D eigenvalue weighted by molar-refractivity contribution is -0.123. The molecular weight excluding hydrogens is 372 g/mol. The van der Waals surface area contributed by atoms with Crippen molar-refractivity contribution in [1.29, 1.82) is 0 Å². The molecule has 0 aromatic carbocycles. The first kappa shape index (κ1) is 21.3. The zero-order chi connectivity index (χ0) is 20.3. The summed E-state index contributed by atoms with van der Waals surface area (Å²) in [5.74, 6) is 1.04. The van der Waals surface area contributed by atoms with Gasteiger partial charge in [0.2, 0.25) is 5.91 Å². The summed E-state index contributed by atoms with van der Waals surface area (Å²) in [7, 11) is 1.41. The molecule has 2 heterocycles. The first-order valence-corrected chi connectivity index (χ1v) is 11.5. The van der Waals surface area contributed by atoms with Gasteiger partial charge in [0.25, 0.3) is 0 Å². The number of thiophene rings is 1. The van der Waals surface area contributed by atoms with Gasteiger partial charge in [0.1, 0.15) is 5.00 Å². The molecular formula is C22H34N2O3S. The Bertz CT molecular complexity index is 686. The first-order chi connectivity index (χ1) is 13.4. The van der Waals surface area contributed by atoms with Crippen LogP contribution in [0.2, 0.25) is 0 Å². The summed E-state index contributed by atoms with van der Waals surface area (Å²) in [6, 6.07) is 1.99. The standard InChI is InChI=1S/C22H34N2O3S/c1-14(2)24(20(25)17-7-5-15(3)6-8-17)21-18(22(26)27-4)13-19(28-21)16-9-11-23-12-10-16/h13-17,23H,5-12H2,1-4H3. The smallest absolute Gasteiger partial charge is 0.340 e. The summed E-state index contributed by atoms with van der Waals surface area (Å²) in [6.07, 6.45) is 6.24. The molecule has 1 N–H and O–H groups in total. The van der Waals surface area contributed by atoms with Crippen LogP contribution >= 0.6 is 11.3 Å². The molecule has 3 rings (SSSR count).